The fourth-order valence-corrected chi connectivity index (χ4v) is 1.28. The first-order valence-electron chi connectivity index (χ1n) is 4.50. The number of hydrogen-bond acceptors (Lipinski definition) is 5. The molecule has 84 valence electrons. The zero-order valence-corrected chi connectivity index (χ0v) is 9.16. The van der Waals surface area contributed by atoms with Gasteiger partial charge in [-0.1, -0.05) is 0 Å². The van der Waals surface area contributed by atoms with E-state index in [0.717, 1.165) is 5.69 Å². The quantitative estimate of drug-likeness (QED) is 0.714. The van der Waals surface area contributed by atoms with Crippen LogP contribution < -0.4 is 25.3 Å². The summed E-state index contributed by atoms with van der Waals surface area (Å²) in [6, 6.07) is 3.53. The van der Waals surface area contributed by atoms with Crippen molar-refractivity contribution in [3.8, 4) is 17.2 Å². The van der Waals surface area contributed by atoms with Gasteiger partial charge in [-0.15, -0.1) is 0 Å². The van der Waals surface area contributed by atoms with Crippen molar-refractivity contribution in [2.75, 3.05) is 33.3 Å². The van der Waals surface area contributed by atoms with Crippen molar-refractivity contribution >= 4 is 5.69 Å². The average molecular weight is 212 g/mol. The summed E-state index contributed by atoms with van der Waals surface area (Å²) in [5.41, 5.74) is 6.15. The SMILES string of the molecule is COc1cc(OC)c(NCN)c(OC)c1. The van der Waals surface area contributed by atoms with Crippen LogP contribution in [0.15, 0.2) is 12.1 Å². The van der Waals surface area contributed by atoms with Crippen molar-refractivity contribution in [3.63, 3.8) is 0 Å². The third-order valence-electron chi connectivity index (χ3n) is 1.99. The maximum absolute atomic E-state index is 5.42. The van der Waals surface area contributed by atoms with Gasteiger partial charge in [0.2, 0.25) is 0 Å². The molecule has 5 nitrogen and oxygen atoms in total. The molecule has 3 N–H and O–H groups in total. The number of anilines is 1. The lowest BCUT2D eigenvalue weighted by Gasteiger charge is -2.15. The van der Waals surface area contributed by atoms with E-state index in [1.165, 1.54) is 0 Å². The van der Waals surface area contributed by atoms with E-state index in [9.17, 15) is 0 Å². The molecule has 15 heavy (non-hydrogen) atoms. The lowest BCUT2D eigenvalue weighted by atomic mass is 10.2. The Hall–Kier alpha value is -1.62. The Balaban J connectivity index is 3.19. The average Bonchev–Trinajstić information content (AvgIpc) is 2.29. The fraction of sp³-hybridized carbons (Fsp3) is 0.400. The third-order valence-corrected chi connectivity index (χ3v) is 1.99. The first-order chi connectivity index (χ1) is 7.26. The Morgan fingerprint density at radius 1 is 1.07 bits per heavy atom. The Morgan fingerprint density at radius 3 is 1.93 bits per heavy atom. The number of nitrogens with two attached hydrogens (primary N) is 1. The van der Waals surface area contributed by atoms with Crippen molar-refractivity contribution in [2.24, 2.45) is 5.73 Å². The van der Waals surface area contributed by atoms with Crippen LogP contribution in [0.1, 0.15) is 0 Å². The molecule has 0 amide bonds. The highest BCUT2D eigenvalue weighted by atomic mass is 16.5. The molecule has 0 bridgehead atoms. The van der Waals surface area contributed by atoms with Crippen LogP contribution in [0.5, 0.6) is 17.2 Å². The highest BCUT2D eigenvalue weighted by Crippen LogP contribution is 2.38. The minimum atomic E-state index is 0.305. The van der Waals surface area contributed by atoms with Gasteiger partial charge >= 0.3 is 0 Å². The molecule has 5 heteroatoms. The van der Waals surface area contributed by atoms with E-state index in [0.29, 0.717) is 23.9 Å². The number of nitrogens with one attached hydrogen (secondary N) is 1. The summed E-state index contributed by atoms with van der Waals surface area (Å²) < 4.78 is 15.5. The number of benzene rings is 1. The molecule has 1 aromatic carbocycles. The monoisotopic (exact) mass is 212 g/mol. The van der Waals surface area contributed by atoms with E-state index < -0.39 is 0 Å². The van der Waals surface area contributed by atoms with E-state index in [1.807, 2.05) is 0 Å². The smallest absolute Gasteiger partial charge is 0.149 e. The summed E-state index contributed by atoms with van der Waals surface area (Å²) in [5.74, 6) is 1.94. The lowest BCUT2D eigenvalue weighted by Crippen LogP contribution is -2.12. The van der Waals surface area contributed by atoms with Crippen molar-refractivity contribution in [1.29, 1.82) is 0 Å². The zero-order chi connectivity index (χ0) is 11.3. The summed E-state index contributed by atoms with van der Waals surface area (Å²) in [5, 5.41) is 2.97. The van der Waals surface area contributed by atoms with Gasteiger partial charge in [-0.3, -0.25) is 0 Å². The van der Waals surface area contributed by atoms with Crippen molar-refractivity contribution in [1.82, 2.24) is 0 Å². The van der Waals surface area contributed by atoms with Gasteiger partial charge in [-0.25, -0.2) is 0 Å². The molecule has 0 aliphatic rings. The summed E-state index contributed by atoms with van der Waals surface area (Å²) in [6.07, 6.45) is 0. The molecule has 0 aliphatic heterocycles. The number of ether oxygens (including phenoxy) is 3. The fourth-order valence-electron chi connectivity index (χ4n) is 1.28. The molecule has 0 saturated heterocycles. The predicted octanol–water partition coefficient (Wildman–Crippen LogP) is 1.04. The van der Waals surface area contributed by atoms with Gasteiger partial charge in [0.05, 0.1) is 28.0 Å². The summed E-state index contributed by atoms with van der Waals surface area (Å²) in [7, 11) is 4.75. The first kappa shape index (κ1) is 11.5. The second-order valence-electron chi connectivity index (χ2n) is 2.79. The Bertz CT molecular complexity index is 303. The largest absolute Gasteiger partial charge is 0.496 e. The van der Waals surface area contributed by atoms with Crippen LogP contribution in [0, 0.1) is 0 Å². The van der Waals surface area contributed by atoms with Crippen LogP contribution in [-0.4, -0.2) is 28.0 Å². The Morgan fingerprint density at radius 2 is 1.60 bits per heavy atom. The number of rotatable bonds is 5. The summed E-state index contributed by atoms with van der Waals surface area (Å²) in [6.45, 7) is 0.305. The lowest BCUT2D eigenvalue weighted by molar-refractivity contribution is 0.377. The van der Waals surface area contributed by atoms with Crippen LogP contribution in [0.3, 0.4) is 0 Å². The van der Waals surface area contributed by atoms with Crippen LogP contribution in [0.4, 0.5) is 5.69 Å². The van der Waals surface area contributed by atoms with Gasteiger partial charge in [0.1, 0.15) is 22.9 Å². The third kappa shape index (κ3) is 2.44. The Labute approximate surface area is 89.1 Å². The molecule has 0 aromatic heterocycles. The second-order valence-corrected chi connectivity index (χ2v) is 2.79. The van der Waals surface area contributed by atoms with Gasteiger partial charge in [0.15, 0.2) is 0 Å². The number of hydrogen-bond donors (Lipinski definition) is 2. The van der Waals surface area contributed by atoms with Crippen LogP contribution in [0.25, 0.3) is 0 Å². The van der Waals surface area contributed by atoms with Crippen molar-refractivity contribution in [2.45, 2.75) is 0 Å². The molecule has 0 aliphatic carbocycles. The maximum Gasteiger partial charge on any atom is 0.149 e. The second kappa shape index (κ2) is 5.31. The van der Waals surface area contributed by atoms with E-state index in [1.54, 1.807) is 33.5 Å². The van der Waals surface area contributed by atoms with Crippen molar-refractivity contribution in [3.05, 3.63) is 12.1 Å². The van der Waals surface area contributed by atoms with Gasteiger partial charge in [0.25, 0.3) is 0 Å². The molecule has 0 radical (unpaired) electrons. The molecular weight excluding hydrogens is 196 g/mol. The van der Waals surface area contributed by atoms with Gasteiger partial charge in [-0.2, -0.15) is 0 Å². The van der Waals surface area contributed by atoms with Crippen molar-refractivity contribution < 1.29 is 14.2 Å². The molecule has 0 heterocycles. The van der Waals surface area contributed by atoms with E-state index >= 15 is 0 Å². The molecule has 0 atom stereocenters. The number of methoxy groups -OCH3 is 3. The minimum absolute atomic E-state index is 0.305. The molecule has 0 unspecified atom stereocenters. The van der Waals surface area contributed by atoms with Gasteiger partial charge < -0.3 is 25.3 Å². The Kier molecular flexibility index (Phi) is 4.05. The minimum Gasteiger partial charge on any atom is -0.496 e. The molecule has 0 saturated carbocycles. The zero-order valence-electron chi connectivity index (χ0n) is 9.16. The summed E-state index contributed by atoms with van der Waals surface area (Å²) in [4.78, 5) is 0. The molecule has 1 aromatic rings. The highest BCUT2D eigenvalue weighted by molar-refractivity contribution is 5.68. The standard InChI is InChI=1S/C10H16N2O3/c1-13-7-4-8(14-2)10(12-6-11)9(5-7)15-3/h4-5,12H,6,11H2,1-3H3. The molecule has 0 fully saturated rings. The van der Waals surface area contributed by atoms with Crippen LogP contribution in [-0.2, 0) is 0 Å². The predicted molar refractivity (Wildman–Crippen MR) is 58.8 cm³/mol. The maximum atomic E-state index is 5.42. The topological polar surface area (TPSA) is 65.7 Å². The highest BCUT2D eigenvalue weighted by Gasteiger charge is 2.11. The summed E-state index contributed by atoms with van der Waals surface area (Å²) >= 11 is 0. The van der Waals surface area contributed by atoms with Crippen LogP contribution in [0.2, 0.25) is 0 Å². The molecular formula is C10H16N2O3. The molecule has 0 spiro atoms. The van der Waals surface area contributed by atoms with Gasteiger partial charge in [-0.05, 0) is 0 Å². The van der Waals surface area contributed by atoms with Gasteiger partial charge in [0, 0.05) is 12.1 Å². The van der Waals surface area contributed by atoms with E-state index in [4.69, 9.17) is 19.9 Å². The first-order valence-corrected chi connectivity index (χ1v) is 4.50. The van der Waals surface area contributed by atoms with E-state index in [-0.39, 0.29) is 0 Å². The van der Waals surface area contributed by atoms with E-state index in [2.05, 4.69) is 5.32 Å². The van der Waals surface area contributed by atoms with Crippen LogP contribution >= 0.6 is 0 Å². The normalized spacial score (nSPS) is 9.60. The molecule has 1 rings (SSSR count).